The van der Waals surface area contributed by atoms with Gasteiger partial charge >= 0.3 is 5.97 Å². The van der Waals surface area contributed by atoms with E-state index in [1.54, 1.807) is 54.2 Å². The van der Waals surface area contributed by atoms with Gasteiger partial charge < -0.3 is 14.8 Å². The lowest BCUT2D eigenvalue weighted by Gasteiger charge is -2.18. The molecular weight excluding hydrogens is 421 g/mol. The number of halogens is 2. The molecule has 0 bridgehead atoms. The van der Waals surface area contributed by atoms with Gasteiger partial charge in [-0.2, -0.15) is 11.8 Å². The standard InChI is InChI=1S/C20H21Cl2NO4S/c1-28-13-10-17(23-19(24)14-6-3-2-4-7-14)20(25)27-12-11-26-18-15(21)8-5-9-16(18)22/h2-9,17H,10-13H2,1H3,(H,23,24). The van der Waals surface area contributed by atoms with Crippen LogP contribution in [0.3, 0.4) is 0 Å². The lowest BCUT2D eigenvalue weighted by atomic mass is 10.1. The van der Waals surface area contributed by atoms with Crippen LogP contribution in [0.5, 0.6) is 5.75 Å². The molecular formula is C20H21Cl2NO4S. The first-order valence-corrected chi connectivity index (χ1v) is 10.8. The minimum Gasteiger partial charge on any atom is -0.487 e. The van der Waals surface area contributed by atoms with E-state index in [2.05, 4.69) is 5.32 Å². The topological polar surface area (TPSA) is 64.6 Å². The van der Waals surface area contributed by atoms with Crippen LogP contribution < -0.4 is 10.1 Å². The number of para-hydroxylation sites is 1. The normalized spacial score (nSPS) is 11.5. The van der Waals surface area contributed by atoms with E-state index >= 15 is 0 Å². The summed E-state index contributed by atoms with van der Waals surface area (Å²) in [4.78, 5) is 24.7. The summed E-state index contributed by atoms with van der Waals surface area (Å²) in [6.45, 7) is 0.106. The number of hydrogen-bond donors (Lipinski definition) is 1. The fourth-order valence-corrected chi connectivity index (χ4v) is 3.30. The van der Waals surface area contributed by atoms with Crippen molar-refractivity contribution in [1.82, 2.24) is 5.32 Å². The first-order valence-electron chi connectivity index (χ1n) is 8.61. The zero-order valence-corrected chi connectivity index (χ0v) is 17.7. The highest BCUT2D eigenvalue weighted by atomic mass is 35.5. The summed E-state index contributed by atoms with van der Waals surface area (Å²) in [6, 6.07) is 13.0. The molecule has 0 fully saturated rings. The van der Waals surface area contributed by atoms with Crippen LogP contribution in [0.2, 0.25) is 10.0 Å². The highest BCUT2D eigenvalue weighted by molar-refractivity contribution is 7.98. The van der Waals surface area contributed by atoms with E-state index < -0.39 is 12.0 Å². The Bertz CT molecular complexity index is 769. The molecule has 0 spiro atoms. The number of carbonyl (C=O) groups is 2. The van der Waals surface area contributed by atoms with Gasteiger partial charge in [0, 0.05) is 5.56 Å². The molecule has 0 saturated carbocycles. The number of esters is 1. The summed E-state index contributed by atoms with van der Waals surface area (Å²) in [5.74, 6) is 0.230. The van der Waals surface area contributed by atoms with Crippen molar-refractivity contribution in [3.8, 4) is 5.75 Å². The molecule has 0 aromatic heterocycles. The molecule has 1 amide bonds. The van der Waals surface area contributed by atoms with Crippen molar-refractivity contribution >= 4 is 46.8 Å². The van der Waals surface area contributed by atoms with E-state index in [-0.39, 0.29) is 19.1 Å². The minimum atomic E-state index is -0.732. The first-order chi connectivity index (χ1) is 13.5. The van der Waals surface area contributed by atoms with Gasteiger partial charge in [0.2, 0.25) is 0 Å². The van der Waals surface area contributed by atoms with Crippen LogP contribution in [-0.2, 0) is 9.53 Å². The van der Waals surface area contributed by atoms with Crippen LogP contribution in [0.25, 0.3) is 0 Å². The van der Waals surface area contributed by atoms with Crippen molar-refractivity contribution in [3.63, 3.8) is 0 Å². The van der Waals surface area contributed by atoms with Crippen LogP contribution in [0, 0.1) is 0 Å². The number of amides is 1. The summed E-state index contributed by atoms with van der Waals surface area (Å²) >= 11 is 13.6. The summed E-state index contributed by atoms with van der Waals surface area (Å²) in [6.07, 6.45) is 2.40. The molecule has 150 valence electrons. The van der Waals surface area contributed by atoms with Gasteiger partial charge in [0.15, 0.2) is 5.75 Å². The zero-order valence-electron chi connectivity index (χ0n) is 15.3. The van der Waals surface area contributed by atoms with Crippen LogP contribution in [-0.4, -0.2) is 43.1 Å². The first kappa shape index (κ1) is 22.4. The van der Waals surface area contributed by atoms with E-state index in [1.165, 1.54) is 0 Å². The maximum atomic E-state index is 12.4. The highest BCUT2D eigenvalue weighted by Gasteiger charge is 2.22. The van der Waals surface area contributed by atoms with Crippen LogP contribution in [0.4, 0.5) is 0 Å². The Labute approximate surface area is 178 Å². The van der Waals surface area contributed by atoms with E-state index in [9.17, 15) is 9.59 Å². The molecule has 0 aliphatic rings. The number of nitrogens with one attached hydrogen (secondary N) is 1. The Balaban J connectivity index is 1.87. The van der Waals surface area contributed by atoms with Gasteiger partial charge in [-0.1, -0.05) is 47.5 Å². The van der Waals surface area contributed by atoms with Gasteiger partial charge in [0.25, 0.3) is 5.91 Å². The second kappa shape index (κ2) is 11.8. The number of rotatable bonds is 10. The Morgan fingerprint density at radius 1 is 1.04 bits per heavy atom. The van der Waals surface area contributed by atoms with Crippen molar-refractivity contribution in [3.05, 3.63) is 64.1 Å². The highest BCUT2D eigenvalue weighted by Crippen LogP contribution is 2.32. The van der Waals surface area contributed by atoms with Crippen LogP contribution >= 0.6 is 35.0 Å². The van der Waals surface area contributed by atoms with E-state index in [0.29, 0.717) is 33.5 Å². The van der Waals surface area contributed by atoms with E-state index in [0.717, 1.165) is 0 Å². The van der Waals surface area contributed by atoms with Crippen molar-refractivity contribution in [2.45, 2.75) is 12.5 Å². The number of hydrogen-bond acceptors (Lipinski definition) is 5. The molecule has 0 aliphatic carbocycles. The van der Waals surface area contributed by atoms with Gasteiger partial charge in [-0.25, -0.2) is 4.79 Å². The predicted octanol–water partition coefficient (Wildman–Crippen LogP) is 4.47. The lowest BCUT2D eigenvalue weighted by molar-refractivity contribution is -0.146. The molecule has 2 aromatic rings. The number of carbonyl (C=O) groups excluding carboxylic acids is 2. The largest absolute Gasteiger partial charge is 0.487 e. The average Bonchev–Trinajstić information content (AvgIpc) is 2.70. The Hall–Kier alpha value is -1.89. The molecule has 0 heterocycles. The third-order valence-corrected chi connectivity index (χ3v) is 4.97. The molecule has 0 aliphatic heterocycles. The van der Waals surface area contributed by atoms with Crippen molar-refractivity contribution < 1.29 is 19.1 Å². The third-order valence-electron chi connectivity index (χ3n) is 3.73. The van der Waals surface area contributed by atoms with E-state index in [4.69, 9.17) is 32.7 Å². The molecule has 1 N–H and O–H groups in total. The molecule has 2 aromatic carbocycles. The Kier molecular flexibility index (Phi) is 9.47. The molecule has 2 rings (SSSR count). The Morgan fingerprint density at radius 3 is 2.36 bits per heavy atom. The van der Waals surface area contributed by atoms with Gasteiger partial charge in [-0.15, -0.1) is 0 Å². The molecule has 28 heavy (non-hydrogen) atoms. The quantitative estimate of drug-likeness (QED) is 0.435. The van der Waals surface area contributed by atoms with Crippen LogP contribution in [0.1, 0.15) is 16.8 Å². The molecule has 0 radical (unpaired) electrons. The summed E-state index contributed by atoms with van der Waals surface area (Å²) in [7, 11) is 0. The Morgan fingerprint density at radius 2 is 1.71 bits per heavy atom. The number of ether oxygens (including phenoxy) is 2. The fraction of sp³-hybridized carbons (Fsp3) is 0.300. The monoisotopic (exact) mass is 441 g/mol. The maximum absolute atomic E-state index is 12.4. The van der Waals surface area contributed by atoms with Crippen molar-refractivity contribution in [1.29, 1.82) is 0 Å². The summed E-state index contributed by atoms with van der Waals surface area (Å²) < 4.78 is 10.8. The number of thioether (sulfide) groups is 1. The predicted molar refractivity (Wildman–Crippen MR) is 114 cm³/mol. The van der Waals surface area contributed by atoms with Crippen molar-refractivity contribution in [2.75, 3.05) is 25.2 Å². The summed E-state index contributed by atoms with van der Waals surface area (Å²) in [5.41, 5.74) is 0.487. The van der Waals surface area contributed by atoms with Crippen molar-refractivity contribution in [2.24, 2.45) is 0 Å². The van der Waals surface area contributed by atoms with Crippen LogP contribution in [0.15, 0.2) is 48.5 Å². The van der Waals surface area contributed by atoms with Gasteiger partial charge in [0.05, 0.1) is 10.0 Å². The molecule has 0 saturated heterocycles. The second-order valence-corrected chi connectivity index (χ2v) is 7.54. The number of benzene rings is 2. The molecule has 1 unspecified atom stereocenters. The fourth-order valence-electron chi connectivity index (χ4n) is 2.32. The minimum absolute atomic E-state index is 0.0113. The van der Waals surface area contributed by atoms with E-state index in [1.807, 2.05) is 12.3 Å². The molecule has 8 heteroatoms. The third kappa shape index (κ3) is 6.93. The summed E-state index contributed by atoms with van der Waals surface area (Å²) in [5, 5.41) is 3.50. The van der Waals surface area contributed by atoms with Gasteiger partial charge in [-0.3, -0.25) is 4.79 Å². The zero-order chi connectivity index (χ0) is 20.4. The average molecular weight is 442 g/mol. The lowest BCUT2D eigenvalue weighted by Crippen LogP contribution is -2.42. The second-order valence-electron chi connectivity index (χ2n) is 5.74. The maximum Gasteiger partial charge on any atom is 0.328 e. The van der Waals surface area contributed by atoms with Gasteiger partial charge in [-0.05, 0) is 42.7 Å². The van der Waals surface area contributed by atoms with Gasteiger partial charge in [0.1, 0.15) is 19.3 Å². The SMILES string of the molecule is CSCCC(NC(=O)c1ccccc1)C(=O)OCCOc1c(Cl)cccc1Cl. The molecule has 1 atom stereocenters. The molecule has 5 nitrogen and oxygen atoms in total. The smallest absolute Gasteiger partial charge is 0.328 e.